The van der Waals surface area contributed by atoms with Gasteiger partial charge in [0.15, 0.2) is 0 Å². The summed E-state index contributed by atoms with van der Waals surface area (Å²) < 4.78 is 0. The molecule has 0 unspecified atom stereocenters. The van der Waals surface area contributed by atoms with Crippen LogP contribution in [0.2, 0.25) is 6.32 Å². The molecule has 0 bridgehead atoms. The van der Waals surface area contributed by atoms with Crippen molar-refractivity contribution in [1.82, 2.24) is 0 Å². The van der Waals surface area contributed by atoms with Crippen molar-refractivity contribution in [2.75, 3.05) is 0 Å². The van der Waals surface area contributed by atoms with Crippen LogP contribution in [-0.4, -0.2) is 7.41 Å². The molecule has 0 aliphatic heterocycles. The van der Waals surface area contributed by atoms with E-state index in [1.54, 1.807) is 0 Å². The fourth-order valence-corrected chi connectivity index (χ4v) is 0.0913. The lowest BCUT2D eigenvalue weighted by molar-refractivity contribution is 1.43. The van der Waals surface area contributed by atoms with Crippen molar-refractivity contribution in [3.8, 4) is 0 Å². The Morgan fingerprint density at radius 3 is 2.60 bits per heavy atom. The first-order valence-corrected chi connectivity index (χ1v) is 1.71. The molecule has 0 N–H and O–H groups in total. The Morgan fingerprint density at radius 1 is 2.00 bits per heavy atom. The minimum atomic E-state index is 0.458. The van der Waals surface area contributed by atoms with Crippen molar-refractivity contribution in [2.24, 2.45) is 5.09 Å². The fourth-order valence-electron chi connectivity index (χ4n) is 0.0913. The molecule has 0 heterocycles. The van der Waals surface area contributed by atoms with Crippen LogP contribution in [0.1, 0.15) is 6.92 Å². The van der Waals surface area contributed by atoms with Gasteiger partial charge in [-0.1, -0.05) is 13.2 Å². The van der Waals surface area contributed by atoms with Gasteiger partial charge in [-0.05, 0) is 0 Å². The quantitative estimate of drug-likeness (QED) is 0.345. The van der Waals surface area contributed by atoms with Crippen molar-refractivity contribution in [1.29, 1.82) is 0 Å². The number of rotatable bonds is 2. The number of nitrogens with zero attached hydrogens (tertiary/aromatic N) is 1. The maximum atomic E-state index is 9.15. The smallest absolute Gasteiger partial charge is 0.168 e. The first-order chi connectivity index (χ1) is 2.41. The van der Waals surface area contributed by atoms with Crippen molar-refractivity contribution < 1.29 is 0 Å². The third-order valence-electron chi connectivity index (χ3n) is 0.315. The van der Waals surface area contributed by atoms with E-state index in [0.29, 0.717) is 7.41 Å². The standard InChI is InChI=1S/C2H6BNO/c1-2-3-4-5/h3H,2H2,1H3. The van der Waals surface area contributed by atoms with Crippen LogP contribution in [-0.2, 0) is 0 Å². The summed E-state index contributed by atoms with van der Waals surface area (Å²) in [6.45, 7) is 1.92. The minimum Gasteiger partial charge on any atom is -0.168 e. The first-order valence-electron chi connectivity index (χ1n) is 1.71. The first kappa shape index (κ1) is 4.66. The topological polar surface area (TPSA) is 29.4 Å². The predicted molar refractivity (Wildman–Crippen MR) is 23.4 cm³/mol. The molecule has 0 aromatic rings. The van der Waals surface area contributed by atoms with E-state index in [-0.39, 0.29) is 0 Å². The molecule has 0 fully saturated rings. The highest BCUT2D eigenvalue weighted by Gasteiger charge is 1.74. The molecule has 0 aliphatic rings. The fraction of sp³-hybridized carbons (Fsp3) is 1.00. The Bertz CT molecular complexity index is 30.8. The molecule has 0 aromatic heterocycles. The summed E-state index contributed by atoms with van der Waals surface area (Å²) in [7, 11) is 0.458. The van der Waals surface area contributed by atoms with Gasteiger partial charge >= 0.3 is 7.41 Å². The summed E-state index contributed by atoms with van der Waals surface area (Å²) in [6, 6.07) is 0. The van der Waals surface area contributed by atoms with Gasteiger partial charge in [-0.15, -0.1) is 5.09 Å². The van der Waals surface area contributed by atoms with E-state index in [9.17, 15) is 0 Å². The van der Waals surface area contributed by atoms with Crippen LogP contribution in [0, 0.1) is 4.91 Å². The zero-order chi connectivity index (χ0) is 4.12. The van der Waals surface area contributed by atoms with Gasteiger partial charge < -0.3 is 0 Å². The van der Waals surface area contributed by atoms with E-state index in [1.807, 2.05) is 6.92 Å². The molecule has 0 spiro atoms. The van der Waals surface area contributed by atoms with Gasteiger partial charge in [-0.3, -0.25) is 0 Å². The zero-order valence-electron chi connectivity index (χ0n) is 3.27. The Balaban J connectivity index is 2.40. The van der Waals surface area contributed by atoms with E-state index in [0.717, 1.165) is 6.32 Å². The Morgan fingerprint density at radius 2 is 2.60 bits per heavy atom. The van der Waals surface area contributed by atoms with Crippen molar-refractivity contribution in [3.63, 3.8) is 0 Å². The third kappa shape index (κ3) is 3.66. The SMILES string of the molecule is CCBN=O. The van der Waals surface area contributed by atoms with Crippen LogP contribution in [0.15, 0.2) is 5.09 Å². The maximum Gasteiger partial charge on any atom is 0.319 e. The second-order valence-corrected chi connectivity index (χ2v) is 0.853. The van der Waals surface area contributed by atoms with Gasteiger partial charge in [-0.25, -0.2) is 0 Å². The summed E-state index contributed by atoms with van der Waals surface area (Å²) in [5.74, 6) is 0. The summed E-state index contributed by atoms with van der Waals surface area (Å²) in [4.78, 5) is 9.15. The molecule has 0 saturated carbocycles. The normalized spacial score (nSPS) is 6.60. The largest absolute Gasteiger partial charge is 0.319 e. The highest BCUT2D eigenvalue weighted by Crippen LogP contribution is 1.68. The highest BCUT2D eigenvalue weighted by atomic mass is 16.2. The Labute approximate surface area is 31.8 Å². The third-order valence-corrected chi connectivity index (χ3v) is 0.315. The van der Waals surface area contributed by atoms with Crippen LogP contribution in [0.4, 0.5) is 0 Å². The lowest BCUT2D eigenvalue weighted by Crippen LogP contribution is -1.72. The molecule has 0 amide bonds. The summed E-state index contributed by atoms with van der Waals surface area (Å²) in [6.07, 6.45) is 0.865. The maximum absolute atomic E-state index is 9.15. The molecule has 0 saturated heterocycles. The monoisotopic (exact) mass is 71.1 g/mol. The van der Waals surface area contributed by atoms with Crippen molar-refractivity contribution in [3.05, 3.63) is 4.91 Å². The molecule has 3 heteroatoms. The predicted octanol–water partition coefficient (Wildman–Crippen LogP) is 0.542. The van der Waals surface area contributed by atoms with Crippen LogP contribution < -0.4 is 0 Å². The van der Waals surface area contributed by atoms with Crippen LogP contribution in [0.3, 0.4) is 0 Å². The second-order valence-electron chi connectivity index (χ2n) is 0.853. The average Bonchev–Trinajstić information content (AvgIpc) is 1.41. The van der Waals surface area contributed by atoms with Crippen molar-refractivity contribution >= 4 is 7.41 Å². The molecule has 0 aliphatic carbocycles. The summed E-state index contributed by atoms with van der Waals surface area (Å²) in [5.41, 5.74) is 0. The van der Waals surface area contributed by atoms with Crippen LogP contribution >= 0.6 is 0 Å². The van der Waals surface area contributed by atoms with E-state index in [4.69, 9.17) is 4.91 Å². The van der Waals surface area contributed by atoms with E-state index in [1.165, 1.54) is 0 Å². The number of hydrogen-bond donors (Lipinski definition) is 0. The average molecular weight is 70.9 g/mol. The number of nitroso groups, excluding NO2 is 1. The lowest BCUT2D eigenvalue weighted by atomic mass is 9.93. The molecule has 5 heavy (non-hydrogen) atoms. The molecule has 0 atom stereocenters. The zero-order valence-corrected chi connectivity index (χ0v) is 3.27. The van der Waals surface area contributed by atoms with Gasteiger partial charge in [0.1, 0.15) is 0 Å². The van der Waals surface area contributed by atoms with E-state index >= 15 is 0 Å². The van der Waals surface area contributed by atoms with Gasteiger partial charge in [-0.2, -0.15) is 4.91 Å². The van der Waals surface area contributed by atoms with Gasteiger partial charge in [0.05, 0.1) is 0 Å². The van der Waals surface area contributed by atoms with Crippen LogP contribution in [0.25, 0.3) is 0 Å². The summed E-state index contributed by atoms with van der Waals surface area (Å²) >= 11 is 0. The highest BCUT2D eigenvalue weighted by molar-refractivity contribution is 6.32. The van der Waals surface area contributed by atoms with Gasteiger partial charge in [0.25, 0.3) is 0 Å². The summed E-state index contributed by atoms with van der Waals surface area (Å²) in [5, 5.41) is 2.60. The lowest BCUT2D eigenvalue weighted by Gasteiger charge is -1.63. The van der Waals surface area contributed by atoms with Crippen molar-refractivity contribution in [2.45, 2.75) is 13.2 Å². The molecule has 2 nitrogen and oxygen atoms in total. The van der Waals surface area contributed by atoms with E-state index in [2.05, 4.69) is 5.09 Å². The molecular weight excluding hydrogens is 64.8 g/mol. The van der Waals surface area contributed by atoms with Gasteiger partial charge in [0.2, 0.25) is 0 Å². The van der Waals surface area contributed by atoms with E-state index < -0.39 is 0 Å². The second kappa shape index (κ2) is 3.66. The molecule has 0 rings (SSSR count). The Hall–Kier alpha value is -0.335. The minimum absolute atomic E-state index is 0.458. The molecular formula is C2H6BNO. The van der Waals surface area contributed by atoms with Crippen LogP contribution in [0.5, 0.6) is 0 Å². The molecule has 0 aromatic carbocycles. The number of hydrogen-bond acceptors (Lipinski definition) is 2. The Kier molecular flexibility index (Phi) is 3.42. The molecule has 0 radical (unpaired) electrons. The molecule has 28 valence electrons. The van der Waals surface area contributed by atoms with Gasteiger partial charge in [0, 0.05) is 0 Å².